The Balaban J connectivity index is 1.89. The first-order chi connectivity index (χ1) is 8.29. The summed E-state index contributed by atoms with van der Waals surface area (Å²) in [5, 5.41) is 7.06. The van der Waals surface area contributed by atoms with Crippen molar-refractivity contribution in [1.29, 1.82) is 0 Å². The SMILES string of the molecule is COc1ccc(NCC2CCCCN2)c(C)c1. The quantitative estimate of drug-likeness (QED) is 0.840. The lowest BCUT2D eigenvalue weighted by atomic mass is 10.0. The second-order valence-corrected chi connectivity index (χ2v) is 4.71. The van der Waals surface area contributed by atoms with Gasteiger partial charge in [-0.1, -0.05) is 6.42 Å². The van der Waals surface area contributed by atoms with Crippen LogP contribution in [0.1, 0.15) is 24.8 Å². The summed E-state index contributed by atoms with van der Waals surface area (Å²) in [5.41, 5.74) is 2.44. The summed E-state index contributed by atoms with van der Waals surface area (Å²) in [4.78, 5) is 0. The number of methoxy groups -OCH3 is 1. The van der Waals surface area contributed by atoms with Crippen molar-refractivity contribution in [3.05, 3.63) is 23.8 Å². The molecule has 1 aromatic carbocycles. The zero-order valence-corrected chi connectivity index (χ0v) is 10.8. The minimum Gasteiger partial charge on any atom is -0.497 e. The van der Waals surface area contributed by atoms with Gasteiger partial charge in [-0.3, -0.25) is 0 Å². The average molecular weight is 234 g/mol. The van der Waals surface area contributed by atoms with Gasteiger partial charge in [-0.15, -0.1) is 0 Å². The number of ether oxygens (including phenoxy) is 1. The molecule has 3 heteroatoms. The van der Waals surface area contributed by atoms with Crippen molar-refractivity contribution >= 4 is 5.69 Å². The molecule has 0 aromatic heterocycles. The number of anilines is 1. The molecule has 0 saturated carbocycles. The second kappa shape index (κ2) is 5.92. The molecule has 1 unspecified atom stereocenters. The summed E-state index contributed by atoms with van der Waals surface area (Å²) in [6.07, 6.45) is 3.95. The molecule has 2 rings (SSSR count). The maximum atomic E-state index is 5.20. The summed E-state index contributed by atoms with van der Waals surface area (Å²) in [6, 6.07) is 6.78. The van der Waals surface area contributed by atoms with Gasteiger partial charge in [0.25, 0.3) is 0 Å². The fourth-order valence-electron chi connectivity index (χ4n) is 2.29. The number of benzene rings is 1. The summed E-state index contributed by atoms with van der Waals surface area (Å²) >= 11 is 0. The summed E-state index contributed by atoms with van der Waals surface area (Å²) in [6.45, 7) is 4.28. The highest BCUT2D eigenvalue weighted by atomic mass is 16.5. The smallest absolute Gasteiger partial charge is 0.119 e. The molecule has 1 aromatic rings. The van der Waals surface area contributed by atoms with Gasteiger partial charge in [0.1, 0.15) is 5.75 Å². The predicted molar refractivity (Wildman–Crippen MR) is 71.9 cm³/mol. The van der Waals surface area contributed by atoms with Crippen LogP contribution in [-0.4, -0.2) is 26.2 Å². The van der Waals surface area contributed by atoms with Crippen molar-refractivity contribution in [3.8, 4) is 5.75 Å². The summed E-state index contributed by atoms with van der Waals surface area (Å²) < 4.78 is 5.20. The highest BCUT2D eigenvalue weighted by molar-refractivity contribution is 5.53. The Labute approximate surface area is 104 Å². The molecule has 3 nitrogen and oxygen atoms in total. The molecule has 0 spiro atoms. The molecule has 2 N–H and O–H groups in total. The van der Waals surface area contributed by atoms with E-state index >= 15 is 0 Å². The third kappa shape index (κ3) is 3.37. The van der Waals surface area contributed by atoms with E-state index in [0.29, 0.717) is 6.04 Å². The highest BCUT2D eigenvalue weighted by Crippen LogP contribution is 2.21. The van der Waals surface area contributed by atoms with Crippen LogP contribution in [0.25, 0.3) is 0 Å². The van der Waals surface area contributed by atoms with E-state index in [9.17, 15) is 0 Å². The van der Waals surface area contributed by atoms with Gasteiger partial charge in [0, 0.05) is 18.3 Å². The zero-order chi connectivity index (χ0) is 12.1. The summed E-state index contributed by atoms with van der Waals surface area (Å²) in [5.74, 6) is 0.920. The van der Waals surface area contributed by atoms with E-state index in [0.717, 1.165) is 18.8 Å². The van der Waals surface area contributed by atoms with Gasteiger partial charge in [-0.25, -0.2) is 0 Å². The van der Waals surface area contributed by atoms with Gasteiger partial charge < -0.3 is 15.4 Å². The molecule has 0 radical (unpaired) electrons. The molecule has 94 valence electrons. The number of piperidine rings is 1. The van der Waals surface area contributed by atoms with Crippen LogP contribution < -0.4 is 15.4 Å². The van der Waals surface area contributed by atoms with Crippen molar-refractivity contribution in [2.24, 2.45) is 0 Å². The Morgan fingerprint density at radius 1 is 1.41 bits per heavy atom. The maximum absolute atomic E-state index is 5.20. The lowest BCUT2D eigenvalue weighted by Crippen LogP contribution is -2.39. The number of nitrogens with one attached hydrogen (secondary N) is 2. The zero-order valence-electron chi connectivity index (χ0n) is 10.8. The van der Waals surface area contributed by atoms with Gasteiger partial charge in [0.15, 0.2) is 0 Å². The number of aryl methyl sites for hydroxylation is 1. The highest BCUT2D eigenvalue weighted by Gasteiger charge is 2.12. The van der Waals surface area contributed by atoms with Crippen molar-refractivity contribution < 1.29 is 4.74 Å². The lowest BCUT2D eigenvalue weighted by Gasteiger charge is -2.24. The van der Waals surface area contributed by atoms with Crippen LogP contribution in [0.5, 0.6) is 5.75 Å². The second-order valence-electron chi connectivity index (χ2n) is 4.71. The topological polar surface area (TPSA) is 33.3 Å². The van der Waals surface area contributed by atoms with Crippen LogP contribution in [0.2, 0.25) is 0 Å². The van der Waals surface area contributed by atoms with Gasteiger partial charge in [0.2, 0.25) is 0 Å². The van der Waals surface area contributed by atoms with Crippen LogP contribution in [0.15, 0.2) is 18.2 Å². The third-order valence-electron chi connectivity index (χ3n) is 3.38. The first-order valence-electron chi connectivity index (χ1n) is 6.41. The average Bonchev–Trinajstić information content (AvgIpc) is 2.38. The predicted octanol–water partition coefficient (Wildman–Crippen LogP) is 2.56. The first-order valence-corrected chi connectivity index (χ1v) is 6.41. The Kier molecular flexibility index (Phi) is 4.26. The Bertz CT molecular complexity index is 359. The standard InChI is InChI=1S/C14H22N2O/c1-11-9-13(17-2)6-7-14(11)16-10-12-5-3-4-8-15-12/h6-7,9,12,15-16H,3-5,8,10H2,1-2H3. The van der Waals surface area contributed by atoms with Crippen LogP contribution in [0.4, 0.5) is 5.69 Å². The molecule has 1 heterocycles. The molecule has 0 aliphatic carbocycles. The van der Waals surface area contributed by atoms with Crippen molar-refractivity contribution in [2.75, 3.05) is 25.5 Å². The molecule has 0 amide bonds. The molecule has 1 aliphatic rings. The van der Waals surface area contributed by atoms with Crippen molar-refractivity contribution in [2.45, 2.75) is 32.2 Å². The molecular weight excluding hydrogens is 212 g/mol. The minimum atomic E-state index is 0.616. The van der Waals surface area contributed by atoms with Crippen molar-refractivity contribution in [3.63, 3.8) is 0 Å². The van der Waals surface area contributed by atoms with Gasteiger partial charge in [-0.05, 0) is 50.1 Å². The largest absolute Gasteiger partial charge is 0.497 e. The monoisotopic (exact) mass is 234 g/mol. The Morgan fingerprint density at radius 3 is 2.94 bits per heavy atom. The molecule has 1 saturated heterocycles. The van der Waals surface area contributed by atoms with E-state index in [4.69, 9.17) is 4.74 Å². The number of hydrogen-bond donors (Lipinski definition) is 2. The van der Waals surface area contributed by atoms with Gasteiger partial charge in [0.05, 0.1) is 7.11 Å². The molecule has 1 atom stereocenters. The van der Waals surface area contributed by atoms with E-state index < -0.39 is 0 Å². The van der Waals surface area contributed by atoms with E-state index in [-0.39, 0.29) is 0 Å². The Morgan fingerprint density at radius 2 is 2.29 bits per heavy atom. The molecule has 17 heavy (non-hydrogen) atoms. The van der Waals surface area contributed by atoms with E-state index in [1.807, 2.05) is 6.07 Å². The third-order valence-corrected chi connectivity index (χ3v) is 3.38. The number of hydrogen-bond acceptors (Lipinski definition) is 3. The van der Waals surface area contributed by atoms with Crippen molar-refractivity contribution in [1.82, 2.24) is 5.32 Å². The fourth-order valence-corrected chi connectivity index (χ4v) is 2.29. The van der Waals surface area contributed by atoms with Crippen LogP contribution in [0, 0.1) is 6.92 Å². The fraction of sp³-hybridized carbons (Fsp3) is 0.571. The van der Waals surface area contributed by atoms with Gasteiger partial charge in [-0.2, -0.15) is 0 Å². The molecular formula is C14H22N2O. The minimum absolute atomic E-state index is 0.616. The number of rotatable bonds is 4. The van der Waals surface area contributed by atoms with Crippen LogP contribution in [-0.2, 0) is 0 Å². The maximum Gasteiger partial charge on any atom is 0.119 e. The lowest BCUT2D eigenvalue weighted by molar-refractivity contribution is 0.413. The van der Waals surface area contributed by atoms with E-state index in [1.54, 1.807) is 7.11 Å². The normalized spacial score (nSPS) is 20.0. The van der Waals surface area contributed by atoms with Crippen LogP contribution >= 0.6 is 0 Å². The Hall–Kier alpha value is -1.22. The van der Waals surface area contributed by atoms with E-state index in [1.165, 1.54) is 30.5 Å². The first kappa shape index (κ1) is 12.2. The molecule has 1 fully saturated rings. The van der Waals surface area contributed by atoms with Gasteiger partial charge >= 0.3 is 0 Å². The van der Waals surface area contributed by atoms with E-state index in [2.05, 4.69) is 29.7 Å². The summed E-state index contributed by atoms with van der Waals surface area (Å²) in [7, 11) is 1.70. The molecule has 0 bridgehead atoms. The van der Waals surface area contributed by atoms with Crippen LogP contribution in [0.3, 0.4) is 0 Å². The molecule has 1 aliphatic heterocycles.